The van der Waals surface area contributed by atoms with Gasteiger partial charge in [-0.3, -0.25) is 9.59 Å². The number of ketones is 2. The molecular weight excluding hydrogens is 586 g/mol. The number of Topliss-reactive ketones (excluding diaryl/α,β-unsaturated/α-hetero) is 2. The molecule has 228 valence electrons. The number of carboxylic acid groups (broad SMARTS) is 1. The number of aryl methyl sites for hydroxylation is 1. The van der Waals surface area contributed by atoms with E-state index in [1.807, 2.05) is 0 Å². The molecule has 4 aromatic carbocycles. The van der Waals surface area contributed by atoms with Crippen molar-refractivity contribution < 1.29 is 45.8 Å². The van der Waals surface area contributed by atoms with E-state index in [4.69, 9.17) is 0 Å². The van der Waals surface area contributed by atoms with Gasteiger partial charge in [-0.05, 0) is 46.9 Å². The minimum absolute atomic E-state index is 0.0862. The highest BCUT2D eigenvalue weighted by molar-refractivity contribution is 6.06. The molecule has 0 saturated carbocycles. The topological polar surface area (TPSA) is 71.4 Å². The quantitative estimate of drug-likeness (QED) is 0.152. The molecule has 0 amide bonds. The Morgan fingerprint density at radius 1 is 0.636 bits per heavy atom. The molecule has 0 saturated heterocycles. The van der Waals surface area contributed by atoms with Crippen LogP contribution >= 0.6 is 0 Å². The maximum Gasteiger partial charge on any atom is 0.411 e. The molecule has 1 N–H and O–H groups in total. The lowest BCUT2D eigenvalue weighted by Gasteiger charge is -2.38. The molecule has 0 aliphatic heterocycles. The Morgan fingerprint density at radius 3 is 1.61 bits per heavy atom. The van der Waals surface area contributed by atoms with Crippen molar-refractivity contribution in [2.45, 2.75) is 44.5 Å². The molecule has 0 spiro atoms. The van der Waals surface area contributed by atoms with Gasteiger partial charge in [0.25, 0.3) is 0 Å². The van der Waals surface area contributed by atoms with E-state index >= 15 is 0 Å². The summed E-state index contributed by atoms with van der Waals surface area (Å²) in [6, 6.07) is 18.1. The third kappa shape index (κ3) is 6.02. The highest BCUT2D eigenvalue weighted by atomic mass is 19.4. The van der Waals surface area contributed by atoms with Crippen molar-refractivity contribution in [3.05, 3.63) is 130 Å². The molecule has 0 radical (unpaired) electrons. The molecule has 10 heteroatoms. The number of carboxylic acids is 1. The number of carbonyl (C=O) groups is 3. The van der Waals surface area contributed by atoms with Gasteiger partial charge in [-0.2, -0.15) is 26.3 Å². The summed E-state index contributed by atoms with van der Waals surface area (Å²) in [5.41, 5.74) is -4.31. The van der Waals surface area contributed by atoms with Crippen molar-refractivity contribution in [1.29, 1.82) is 0 Å². The van der Waals surface area contributed by atoms with E-state index in [9.17, 15) is 45.8 Å². The Balaban J connectivity index is 1.60. The van der Waals surface area contributed by atoms with E-state index in [1.165, 1.54) is 36.4 Å². The number of carbonyl (C=O) groups excluding carboxylic acids is 2. The van der Waals surface area contributed by atoms with Gasteiger partial charge < -0.3 is 5.11 Å². The molecule has 4 aromatic rings. The summed E-state index contributed by atoms with van der Waals surface area (Å²) in [5, 5.41) is 9.54. The van der Waals surface area contributed by atoms with Crippen molar-refractivity contribution in [3.63, 3.8) is 0 Å². The monoisotopic (exact) mass is 612 g/mol. The predicted octanol–water partition coefficient (Wildman–Crippen LogP) is 8.79. The summed E-state index contributed by atoms with van der Waals surface area (Å²) in [6.45, 7) is 3.17. The largest absolute Gasteiger partial charge is 0.478 e. The first-order chi connectivity index (χ1) is 20.6. The van der Waals surface area contributed by atoms with E-state index in [2.05, 4.69) is 0 Å². The second-order valence-electron chi connectivity index (χ2n) is 10.3. The second-order valence-corrected chi connectivity index (χ2v) is 10.3. The van der Waals surface area contributed by atoms with Crippen molar-refractivity contribution in [2.24, 2.45) is 0 Å². The van der Waals surface area contributed by atoms with Crippen LogP contribution in [0.5, 0.6) is 0 Å². The van der Waals surface area contributed by atoms with E-state index in [-0.39, 0.29) is 40.9 Å². The number of hydrogen-bond donors (Lipinski definition) is 1. The van der Waals surface area contributed by atoms with E-state index in [0.717, 1.165) is 36.4 Å². The average Bonchev–Trinajstić information content (AvgIpc) is 2.97. The van der Waals surface area contributed by atoms with E-state index < -0.39 is 40.6 Å². The first-order valence-electron chi connectivity index (χ1n) is 13.4. The number of aromatic carboxylic acids is 1. The Hall–Kier alpha value is -4.73. The molecular formula is C34H26F6O4. The van der Waals surface area contributed by atoms with Gasteiger partial charge in [-0.15, -0.1) is 0 Å². The highest BCUT2D eigenvalue weighted by Crippen LogP contribution is 2.56. The number of alkyl halides is 6. The van der Waals surface area contributed by atoms with Crippen molar-refractivity contribution in [2.75, 3.05) is 0 Å². The van der Waals surface area contributed by atoms with Gasteiger partial charge in [0.05, 0.1) is 5.56 Å². The zero-order valence-electron chi connectivity index (χ0n) is 23.5. The molecule has 0 aliphatic carbocycles. The number of hydrogen-bond acceptors (Lipinski definition) is 3. The van der Waals surface area contributed by atoms with Gasteiger partial charge in [-0.1, -0.05) is 91.3 Å². The lowest BCUT2D eigenvalue weighted by molar-refractivity contribution is -0.288. The molecule has 0 aliphatic rings. The molecule has 0 aromatic heterocycles. The van der Waals surface area contributed by atoms with Crippen LogP contribution in [-0.4, -0.2) is 35.0 Å². The SMILES string of the molecule is CCC(=O)c1ccc(-c2ccc(C(=O)Cc3ccc(C(c4ccc(C)cc4)(C(F)(F)F)C(F)(F)F)cc3)cc2)cc1C(=O)O. The van der Waals surface area contributed by atoms with Crippen LogP contribution in [0, 0.1) is 6.92 Å². The first-order valence-corrected chi connectivity index (χ1v) is 13.4. The zero-order chi connectivity index (χ0) is 32.4. The van der Waals surface area contributed by atoms with E-state index in [1.54, 1.807) is 32.0 Å². The fourth-order valence-corrected chi connectivity index (χ4v) is 5.13. The second kappa shape index (κ2) is 12.1. The van der Waals surface area contributed by atoms with Crippen molar-refractivity contribution in [1.82, 2.24) is 0 Å². The Bertz CT molecular complexity index is 1670. The maximum absolute atomic E-state index is 14.3. The summed E-state index contributed by atoms with van der Waals surface area (Å²) in [5.74, 6) is -2.01. The van der Waals surface area contributed by atoms with Crippen LogP contribution in [0.1, 0.15) is 66.7 Å². The third-order valence-corrected chi connectivity index (χ3v) is 7.50. The molecule has 4 nitrogen and oxygen atoms in total. The lowest BCUT2D eigenvalue weighted by atomic mass is 9.72. The van der Waals surface area contributed by atoms with Crippen molar-refractivity contribution >= 4 is 17.5 Å². The van der Waals surface area contributed by atoms with Gasteiger partial charge in [-0.25, -0.2) is 4.79 Å². The van der Waals surface area contributed by atoms with E-state index in [0.29, 0.717) is 16.7 Å². The van der Waals surface area contributed by atoms with Crippen LogP contribution in [0.25, 0.3) is 11.1 Å². The van der Waals surface area contributed by atoms with Crippen LogP contribution in [0.15, 0.2) is 91.0 Å². The molecule has 0 heterocycles. The molecule has 0 unspecified atom stereocenters. The standard InChI is InChI=1S/C34H26F6O4/c1-3-29(41)27-17-12-24(19-28(27)31(43)44)22-8-10-23(11-9-22)30(42)18-21-6-15-26(16-7-21)32(33(35,36)37,34(38,39)40)25-13-4-20(2)5-14-25/h4-17,19H,3,18H2,1-2H3,(H,43,44). The highest BCUT2D eigenvalue weighted by Gasteiger charge is 2.72. The minimum atomic E-state index is -5.71. The molecule has 44 heavy (non-hydrogen) atoms. The van der Waals surface area contributed by atoms with Crippen molar-refractivity contribution in [3.8, 4) is 11.1 Å². The number of benzene rings is 4. The van der Waals surface area contributed by atoms with Crippen LogP contribution in [-0.2, 0) is 11.8 Å². The molecule has 4 rings (SSSR count). The van der Waals surface area contributed by atoms with Crippen LogP contribution in [0.4, 0.5) is 26.3 Å². The molecule has 0 fully saturated rings. The Kier molecular flexibility index (Phi) is 8.86. The number of rotatable bonds is 9. The third-order valence-electron chi connectivity index (χ3n) is 7.50. The minimum Gasteiger partial charge on any atom is -0.478 e. The zero-order valence-corrected chi connectivity index (χ0v) is 23.5. The van der Waals surface area contributed by atoms with Gasteiger partial charge in [0.15, 0.2) is 11.6 Å². The van der Waals surface area contributed by atoms with Crippen LogP contribution in [0.2, 0.25) is 0 Å². The van der Waals surface area contributed by atoms with Crippen LogP contribution in [0.3, 0.4) is 0 Å². The summed E-state index contributed by atoms with van der Waals surface area (Å²) in [4.78, 5) is 36.7. The average molecular weight is 613 g/mol. The molecule has 0 bridgehead atoms. The lowest BCUT2D eigenvalue weighted by Crippen LogP contribution is -2.54. The normalized spacial score (nSPS) is 12.2. The summed E-state index contributed by atoms with van der Waals surface area (Å²) >= 11 is 0. The van der Waals surface area contributed by atoms with Gasteiger partial charge in [0, 0.05) is 24.0 Å². The van der Waals surface area contributed by atoms with Crippen LogP contribution < -0.4 is 0 Å². The Morgan fingerprint density at radius 2 is 1.14 bits per heavy atom. The summed E-state index contributed by atoms with van der Waals surface area (Å²) in [6.07, 6.45) is -11.6. The first kappa shape index (κ1) is 32.2. The maximum atomic E-state index is 14.3. The van der Waals surface area contributed by atoms with Gasteiger partial charge in [0.1, 0.15) is 0 Å². The summed E-state index contributed by atoms with van der Waals surface area (Å²) in [7, 11) is 0. The predicted molar refractivity (Wildman–Crippen MR) is 152 cm³/mol. The smallest absolute Gasteiger partial charge is 0.411 e. The summed E-state index contributed by atoms with van der Waals surface area (Å²) < 4.78 is 86.1. The fourth-order valence-electron chi connectivity index (χ4n) is 5.13. The molecule has 0 atom stereocenters. The van der Waals surface area contributed by atoms with Gasteiger partial charge in [0.2, 0.25) is 5.41 Å². The fraction of sp³-hybridized carbons (Fsp3) is 0.206. The van der Waals surface area contributed by atoms with Gasteiger partial charge >= 0.3 is 18.3 Å². The number of halogens is 6. The Labute approximate surface area is 249 Å².